The molecule has 1 amide bonds. The van der Waals surface area contributed by atoms with Crippen LogP contribution in [0.25, 0.3) is 0 Å². The quantitative estimate of drug-likeness (QED) is 0.882. The topological polar surface area (TPSA) is 44.4 Å². The van der Waals surface area contributed by atoms with Gasteiger partial charge in [-0.25, -0.2) is 4.39 Å². The molecule has 1 aromatic carbocycles. The zero-order chi connectivity index (χ0) is 14.3. The summed E-state index contributed by atoms with van der Waals surface area (Å²) in [4.78, 5) is 14.1. The molecule has 1 atom stereocenters. The third-order valence-electron chi connectivity index (χ3n) is 4.18. The third kappa shape index (κ3) is 2.26. The van der Waals surface area contributed by atoms with Crippen molar-refractivity contribution in [2.24, 2.45) is 0 Å². The maximum absolute atomic E-state index is 14.2. The van der Waals surface area contributed by atoms with E-state index in [1.807, 2.05) is 25.1 Å². The van der Waals surface area contributed by atoms with Gasteiger partial charge in [0.2, 0.25) is 0 Å². The lowest BCUT2D eigenvalue weighted by molar-refractivity contribution is 0.0922. The molecular weight excluding hydrogens is 257 g/mol. The van der Waals surface area contributed by atoms with Gasteiger partial charge in [-0.05, 0) is 56.5 Å². The summed E-state index contributed by atoms with van der Waals surface area (Å²) in [5.41, 5.74) is 1.92. The summed E-state index contributed by atoms with van der Waals surface area (Å²) in [5.74, 6) is -0.233. The van der Waals surface area contributed by atoms with E-state index in [0.29, 0.717) is 5.92 Å². The van der Waals surface area contributed by atoms with Crippen molar-refractivity contribution >= 4 is 11.6 Å². The Morgan fingerprint density at radius 3 is 2.85 bits per heavy atom. The number of carbonyl (C=O) groups is 1. The Morgan fingerprint density at radius 1 is 1.45 bits per heavy atom. The second-order valence-corrected chi connectivity index (χ2v) is 5.66. The molecule has 2 N–H and O–H groups in total. The molecule has 0 bridgehead atoms. The molecule has 1 heterocycles. The van der Waals surface area contributed by atoms with Crippen LogP contribution in [0.3, 0.4) is 0 Å². The average Bonchev–Trinajstić information content (AvgIpc) is 3.24. The summed E-state index contributed by atoms with van der Waals surface area (Å²) >= 11 is 0. The molecule has 1 aliphatic carbocycles. The Balaban J connectivity index is 1.96. The number of anilines is 1. The maximum Gasteiger partial charge on any atom is 0.257 e. The number of nitrogens with zero attached hydrogens (tertiary/aromatic N) is 1. The van der Waals surface area contributed by atoms with Crippen molar-refractivity contribution in [3.05, 3.63) is 29.1 Å². The van der Waals surface area contributed by atoms with Gasteiger partial charge in [0.25, 0.3) is 5.91 Å². The molecule has 1 unspecified atom stereocenters. The Bertz CT molecular complexity index is 542. The first-order chi connectivity index (χ1) is 9.61. The number of hydrogen-bond acceptors (Lipinski definition) is 3. The highest BCUT2D eigenvalue weighted by Gasteiger charge is 2.33. The number of fused-ring (bicyclic) bond motifs is 1. The molecule has 0 radical (unpaired) electrons. The van der Waals surface area contributed by atoms with E-state index in [0.717, 1.165) is 37.1 Å². The molecule has 108 valence electrons. The van der Waals surface area contributed by atoms with Crippen LogP contribution in [-0.4, -0.2) is 32.7 Å². The Labute approximate surface area is 118 Å². The van der Waals surface area contributed by atoms with Crippen molar-refractivity contribution in [2.45, 2.75) is 31.3 Å². The smallest absolute Gasteiger partial charge is 0.257 e. The van der Waals surface area contributed by atoms with Gasteiger partial charge >= 0.3 is 0 Å². The molecule has 1 aliphatic heterocycles. The van der Waals surface area contributed by atoms with Crippen molar-refractivity contribution in [3.8, 4) is 0 Å². The first kappa shape index (κ1) is 13.4. The summed E-state index contributed by atoms with van der Waals surface area (Å²) in [6.45, 7) is 0.801. The van der Waals surface area contributed by atoms with Crippen LogP contribution in [-0.2, 0) is 0 Å². The lowest BCUT2D eigenvalue weighted by atomic mass is 10.0. The van der Waals surface area contributed by atoms with Gasteiger partial charge in [0.15, 0.2) is 0 Å². The number of amides is 1. The molecule has 3 rings (SSSR count). The minimum atomic E-state index is -0.402. The van der Waals surface area contributed by atoms with Crippen molar-refractivity contribution in [3.63, 3.8) is 0 Å². The van der Waals surface area contributed by atoms with E-state index in [4.69, 9.17) is 0 Å². The number of nitrogens with one attached hydrogen (secondary N) is 2. The number of halogens is 1. The standard InChI is InChI=1S/C15H20FN3O/c1-17-6-5-13-18-15(20)14-11(16)7-10(9-3-4-9)8-12(14)19(13)2/h7-9,13,17H,3-6H2,1-2H3,(H,18,20). The zero-order valence-corrected chi connectivity index (χ0v) is 11.9. The SMILES string of the molecule is CNCCC1NC(=O)c2c(F)cc(C3CC3)cc2N1C. The molecular formula is C15H20FN3O. The molecule has 2 aliphatic rings. The molecule has 1 aromatic rings. The number of rotatable bonds is 4. The molecule has 0 aromatic heterocycles. The highest BCUT2D eigenvalue weighted by atomic mass is 19.1. The van der Waals surface area contributed by atoms with Crippen molar-refractivity contribution in [2.75, 3.05) is 25.5 Å². The average molecular weight is 277 g/mol. The highest BCUT2D eigenvalue weighted by Crippen LogP contribution is 2.43. The summed E-state index contributed by atoms with van der Waals surface area (Å²) in [7, 11) is 3.79. The minimum Gasteiger partial charge on any atom is -0.354 e. The lowest BCUT2D eigenvalue weighted by Crippen LogP contribution is -2.52. The number of carbonyl (C=O) groups excluding carboxylic acids is 1. The van der Waals surface area contributed by atoms with E-state index in [2.05, 4.69) is 10.6 Å². The van der Waals surface area contributed by atoms with Crippen LogP contribution in [0.4, 0.5) is 10.1 Å². The van der Waals surface area contributed by atoms with Gasteiger partial charge < -0.3 is 15.5 Å². The van der Waals surface area contributed by atoms with Crippen LogP contribution >= 0.6 is 0 Å². The van der Waals surface area contributed by atoms with E-state index in [1.165, 1.54) is 6.07 Å². The van der Waals surface area contributed by atoms with Gasteiger partial charge in [-0.1, -0.05) is 0 Å². The highest BCUT2D eigenvalue weighted by molar-refractivity contribution is 6.02. The van der Waals surface area contributed by atoms with E-state index < -0.39 is 5.82 Å². The molecule has 4 nitrogen and oxygen atoms in total. The van der Waals surface area contributed by atoms with Crippen LogP contribution in [0.1, 0.15) is 41.1 Å². The fraction of sp³-hybridized carbons (Fsp3) is 0.533. The third-order valence-corrected chi connectivity index (χ3v) is 4.18. The van der Waals surface area contributed by atoms with E-state index in [9.17, 15) is 9.18 Å². The van der Waals surface area contributed by atoms with E-state index in [1.54, 1.807) is 0 Å². The van der Waals surface area contributed by atoms with Gasteiger partial charge in [-0.3, -0.25) is 4.79 Å². The van der Waals surface area contributed by atoms with Gasteiger partial charge in [-0.15, -0.1) is 0 Å². The van der Waals surface area contributed by atoms with Gasteiger partial charge in [0, 0.05) is 7.05 Å². The fourth-order valence-electron chi connectivity index (χ4n) is 2.80. The molecule has 20 heavy (non-hydrogen) atoms. The van der Waals surface area contributed by atoms with Crippen LogP contribution in [0.15, 0.2) is 12.1 Å². The van der Waals surface area contributed by atoms with E-state index >= 15 is 0 Å². The molecule has 1 fully saturated rings. The molecule has 0 saturated heterocycles. The summed E-state index contributed by atoms with van der Waals surface area (Å²) in [6.07, 6.45) is 2.94. The van der Waals surface area contributed by atoms with Crippen molar-refractivity contribution < 1.29 is 9.18 Å². The van der Waals surface area contributed by atoms with Crippen LogP contribution < -0.4 is 15.5 Å². The van der Waals surface area contributed by atoms with Crippen LogP contribution in [0, 0.1) is 5.82 Å². The maximum atomic E-state index is 14.2. The molecule has 5 heteroatoms. The predicted molar refractivity (Wildman–Crippen MR) is 76.6 cm³/mol. The van der Waals surface area contributed by atoms with Crippen LogP contribution in [0.2, 0.25) is 0 Å². The summed E-state index contributed by atoms with van der Waals surface area (Å²) in [5, 5.41) is 5.94. The van der Waals surface area contributed by atoms with Crippen LogP contribution in [0.5, 0.6) is 0 Å². The molecule has 1 saturated carbocycles. The normalized spacial score (nSPS) is 21.6. The van der Waals surface area contributed by atoms with Gasteiger partial charge in [0.1, 0.15) is 12.0 Å². The largest absolute Gasteiger partial charge is 0.354 e. The Hall–Kier alpha value is -1.62. The minimum absolute atomic E-state index is 0.0868. The second kappa shape index (κ2) is 5.05. The van der Waals surface area contributed by atoms with Crippen molar-refractivity contribution in [1.29, 1.82) is 0 Å². The predicted octanol–water partition coefficient (Wildman–Crippen LogP) is 1.82. The monoisotopic (exact) mass is 277 g/mol. The number of hydrogen-bond donors (Lipinski definition) is 2. The Morgan fingerprint density at radius 2 is 2.20 bits per heavy atom. The molecule has 0 spiro atoms. The first-order valence-electron chi connectivity index (χ1n) is 7.13. The summed E-state index contributed by atoms with van der Waals surface area (Å²) in [6, 6.07) is 3.51. The lowest BCUT2D eigenvalue weighted by Gasteiger charge is -2.36. The fourth-order valence-corrected chi connectivity index (χ4v) is 2.80. The van der Waals surface area contributed by atoms with Gasteiger partial charge in [0.05, 0.1) is 11.3 Å². The Kier molecular flexibility index (Phi) is 3.38. The van der Waals surface area contributed by atoms with E-state index in [-0.39, 0.29) is 17.6 Å². The number of benzene rings is 1. The van der Waals surface area contributed by atoms with Crippen molar-refractivity contribution in [1.82, 2.24) is 10.6 Å². The first-order valence-corrected chi connectivity index (χ1v) is 7.13. The zero-order valence-electron chi connectivity index (χ0n) is 11.9. The second-order valence-electron chi connectivity index (χ2n) is 5.66. The summed E-state index contributed by atoms with van der Waals surface area (Å²) < 4.78 is 14.2. The van der Waals surface area contributed by atoms with Gasteiger partial charge in [-0.2, -0.15) is 0 Å².